The molecular weight excluding hydrogens is 364 g/mol. The summed E-state index contributed by atoms with van der Waals surface area (Å²) >= 11 is 0. The molecule has 0 fully saturated rings. The molecule has 148 valence electrons. The summed E-state index contributed by atoms with van der Waals surface area (Å²) < 4.78 is 32.5. The highest BCUT2D eigenvalue weighted by atomic mass is 19.3. The average Bonchev–Trinajstić information content (AvgIpc) is 2.61. The third-order valence-corrected chi connectivity index (χ3v) is 4.23. The van der Waals surface area contributed by atoms with Crippen LogP contribution in [-0.2, 0) is 4.74 Å². The Kier molecular flexibility index (Phi) is 5.45. The highest BCUT2D eigenvalue weighted by Crippen LogP contribution is 2.40. The molecule has 0 spiro atoms. The third-order valence-electron chi connectivity index (χ3n) is 4.23. The maximum absolute atomic E-state index is 13.6. The lowest BCUT2D eigenvalue weighted by Crippen LogP contribution is -2.28. The van der Waals surface area contributed by atoms with Crippen LogP contribution in [0.25, 0.3) is 16.8 Å². The van der Waals surface area contributed by atoms with Gasteiger partial charge in [0.25, 0.3) is 5.92 Å². The van der Waals surface area contributed by atoms with Crippen LogP contribution in [-0.4, -0.2) is 27.6 Å². The summed E-state index contributed by atoms with van der Waals surface area (Å²) in [5, 5.41) is 2.76. The van der Waals surface area contributed by atoms with Crippen molar-refractivity contribution in [3.63, 3.8) is 0 Å². The monoisotopic (exact) mass is 387 g/mol. The lowest BCUT2D eigenvalue weighted by atomic mass is 9.92. The van der Waals surface area contributed by atoms with Gasteiger partial charge in [-0.15, -0.1) is 0 Å². The van der Waals surface area contributed by atoms with Crippen molar-refractivity contribution in [2.75, 3.05) is 5.32 Å². The van der Waals surface area contributed by atoms with E-state index < -0.39 is 17.6 Å². The molecule has 0 aromatic carbocycles. The molecule has 0 atom stereocenters. The molecule has 2 aromatic heterocycles. The molecule has 1 aliphatic rings. The smallest absolute Gasteiger partial charge is 0.412 e. The van der Waals surface area contributed by atoms with Crippen molar-refractivity contribution >= 4 is 17.4 Å². The molecule has 1 amide bonds. The van der Waals surface area contributed by atoms with E-state index in [1.54, 1.807) is 45.3 Å². The van der Waals surface area contributed by atoms with Crippen molar-refractivity contribution < 1.29 is 18.3 Å². The van der Waals surface area contributed by atoms with E-state index in [-0.39, 0.29) is 19.3 Å². The van der Waals surface area contributed by atoms with E-state index in [2.05, 4.69) is 15.3 Å². The van der Waals surface area contributed by atoms with Crippen molar-refractivity contribution in [3.8, 4) is 11.3 Å². The van der Waals surface area contributed by atoms with E-state index in [0.29, 0.717) is 28.2 Å². The molecule has 0 radical (unpaired) electrons. The number of halogens is 2. The van der Waals surface area contributed by atoms with Gasteiger partial charge in [0.05, 0.1) is 17.1 Å². The van der Waals surface area contributed by atoms with Gasteiger partial charge in [-0.3, -0.25) is 15.3 Å². The first-order chi connectivity index (χ1) is 13.1. The second kappa shape index (κ2) is 7.66. The minimum absolute atomic E-state index is 0.175. The van der Waals surface area contributed by atoms with Gasteiger partial charge in [-0.2, -0.15) is 0 Å². The summed E-state index contributed by atoms with van der Waals surface area (Å²) in [5.74, 6) is -2.71. The molecule has 0 bridgehead atoms. The van der Waals surface area contributed by atoms with Gasteiger partial charge in [-0.1, -0.05) is 12.1 Å². The van der Waals surface area contributed by atoms with Gasteiger partial charge in [0.2, 0.25) is 0 Å². The van der Waals surface area contributed by atoms with Gasteiger partial charge in [-0.05, 0) is 51.0 Å². The summed E-state index contributed by atoms with van der Waals surface area (Å²) in [5.41, 5.74) is 2.16. The molecule has 1 N–H and O–H groups in total. The summed E-state index contributed by atoms with van der Waals surface area (Å²) in [7, 11) is 0. The maximum atomic E-state index is 13.6. The number of alkyl halides is 2. The van der Waals surface area contributed by atoms with Gasteiger partial charge in [-0.25, -0.2) is 13.6 Å². The van der Waals surface area contributed by atoms with Crippen LogP contribution in [0.2, 0.25) is 0 Å². The molecule has 0 saturated heterocycles. The van der Waals surface area contributed by atoms with E-state index in [0.717, 1.165) is 0 Å². The third kappa shape index (κ3) is 4.91. The van der Waals surface area contributed by atoms with Crippen molar-refractivity contribution in [3.05, 3.63) is 48.4 Å². The number of hydrogen-bond donors (Lipinski definition) is 1. The second-order valence-corrected chi connectivity index (χ2v) is 7.71. The Morgan fingerprint density at radius 3 is 2.57 bits per heavy atom. The Hall–Kier alpha value is -2.83. The lowest BCUT2D eigenvalue weighted by Gasteiger charge is -2.24. The standard InChI is InChI=1S/C21H23F2N3O2/c1-20(2,3)28-19(27)26-18-15(16-6-4-5-12-24-16)9-13-25-17(18)14-7-10-21(22,23)11-8-14/h4-7,9,12-13H,8,10-11H2,1-3H3,(H,26,27). The predicted octanol–water partition coefficient (Wildman–Crippen LogP) is 5.69. The normalized spacial score (nSPS) is 16.2. The summed E-state index contributed by atoms with van der Waals surface area (Å²) in [6.45, 7) is 5.30. The number of allylic oxidation sites excluding steroid dienone is 2. The Labute approximate surface area is 162 Å². The van der Waals surface area contributed by atoms with E-state index in [4.69, 9.17) is 4.74 Å². The van der Waals surface area contributed by atoms with Crippen molar-refractivity contribution in [1.29, 1.82) is 0 Å². The minimum Gasteiger partial charge on any atom is -0.444 e. The number of aromatic nitrogens is 2. The van der Waals surface area contributed by atoms with E-state index in [1.165, 1.54) is 6.08 Å². The number of nitrogens with one attached hydrogen (secondary N) is 1. The molecule has 3 rings (SSSR count). The molecule has 2 heterocycles. The Morgan fingerprint density at radius 2 is 1.96 bits per heavy atom. The van der Waals surface area contributed by atoms with Crippen LogP contribution in [0.3, 0.4) is 0 Å². The van der Waals surface area contributed by atoms with E-state index >= 15 is 0 Å². The number of anilines is 1. The van der Waals surface area contributed by atoms with Crippen LogP contribution in [0.4, 0.5) is 19.3 Å². The molecule has 7 heteroatoms. The number of carbonyl (C=O) groups is 1. The van der Waals surface area contributed by atoms with Gasteiger partial charge < -0.3 is 4.74 Å². The van der Waals surface area contributed by atoms with Gasteiger partial charge in [0.15, 0.2) is 0 Å². The predicted molar refractivity (Wildman–Crippen MR) is 104 cm³/mol. The largest absolute Gasteiger partial charge is 0.444 e. The Morgan fingerprint density at radius 1 is 1.18 bits per heavy atom. The SMILES string of the molecule is CC(C)(C)OC(=O)Nc1c(-c2ccccn2)ccnc1C1=CCC(F)(F)CC1. The van der Waals surface area contributed by atoms with E-state index in [1.807, 2.05) is 12.1 Å². The van der Waals surface area contributed by atoms with Crippen LogP contribution in [0, 0.1) is 0 Å². The molecule has 0 saturated carbocycles. The average molecular weight is 387 g/mol. The molecular formula is C21H23F2N3O2. The maximum Gasteiger partial charge on any atom is 0.412 e. The zero-order chi connectivity index (χ0) is 20.4. The zero-order valence-electron chi connectivity index (χ0n) is 16.1. The Bertz CT molecular complexity index is 890. The highest BCUT2D eigenvalue weighted by Gasteiger charge is 2.32. The number of ether oxygens (including phenoxy) is 1. The zero-order valence-corrected chi connectivity index (χ0v) is 16.1. The number of hydrogen-bond acceptors (Lipinski definition) is 4. The van der Waals surface area contributed by atoms with Crippen LogP contribution >= 0.6 is 0 Å². The van der Waals surface area contributed by atoms with Gasteiger partial charge >= 0.3 is 6.09 Å². The quantitative estimate of drug-likeness (QED) is 0.734. The molecule has 0 unspecified atom stereocenters. The van der Waals surface area contributed by atoms with Gasteiger partial charge in [0.1, 0.15) is 5.60 Å². The number of rotatable bonds is 3. The van der Waals surface area contributed by atoms with Crippen LogP contribution in [0.5, 0.6) is 0 Å². The molecule has 1 aliphatic carbocycles. The van der Waals surface area contributed by atoms with Crippen molar-refractivity contribution in [1.82, 2.24) is 9.97 Å². The summed E-state index contributed by atoms with van der Waals surface area (Å²) in [4.78, 5) is 21.1. The van der Waals surface area contributed by atoms with Crippen molar-refractivity contribution in [2.24, 2.45) is 0 Å². The fourth-order valence-electron chi connectivity index (χ4n) is 2.98. The molecule has 5 nitrogen and oxygen atoms in total. The second-order valence-electron chi connectivity index (χ2n) is 7.71. The van der Waals surface area contributed by atoms with Crippen LogP contribution in [0.15, 0.2) is 42.7 Å². The lowest BCUT2D eigenvalue weighted by molar-refractivity contribution is -0.00607. The number of amides is 1. The summed E-state index contributed by atoms with van der Waals surface area (Å²) in [6, 6.07) is 7.16. The number of nitrogens with zero attached hydrogens (tertiary/aromatic N) is 2. The van der Waals surface area contributed by atoms with Crippen LogP contribution < -0.4 is 5.32 Å². The highest BCUT2D eigenvalue weighted by molar-refractivity contribution is 5.95. The minimum atomic E-state index is -2.71. The van der Waals surface area contributed by atoms with Gasteiger partial charge in [0, 0.05) is 30.8 Å². The Balaban J connectivity index is 2.04. The molecule has 28 heavy (non-hydrogen) atoms. The fourth-order valence-corrected chi connectivity index (χ4v) is 2.98. The topological polar surface area (TPSA) is 64.1 Å². The molecule has 2 aromatic rings. The first-order valence-electron chi connectivity index (χ1n) is 9.12. The van der Waals surface area contributed by atoms with Crippen LogP contribution in [0.1, 0.15) is 45.7 Å². The fraction of sp³-hybridized carbons (Fsp3) is 0.381. The van der Waals surface area contributed by atoms with E-state index in [9.17, 15) is 13.6 Å². The molecule has 0 aliphatic heterocycles. The first-order valence-corrected chi connectivity index (χ1v) is 9.12. The van der Waals surface area contributed by atoms with Crippen molar-refractivity contribution in [2.45, 2.75) is 51.6 Å². The number of pyridine rings is 2. The summed E-state index contributed by atoms with van der Waals surface area (Å²) in [6.07, 6.45) is 3.67. The first kappa shape index (κ1) is 19.9. The number of carbonyl (C=O) groups excluding carboxylic acids is 1.